The quantitative estimate of drug-likeness (QED) is 0.598. The summed E-state index contributed by atoms with van der Waals surface area (Å²) in [5, 5.41) is 10.5. The molecule has 7 nitrogen and oxygen atoms in total. The van der Waals surface area contributed by atoms with Crippen LogP contribution in [-0.2, 0) is 9.53 Å². The fourth-order valence-corrected chi connectivity index (χ4v) is 2.05. The molecule has 1 fully saturated rings. The maximum absolute atomic E-state index is 11.9. The first kappa shape index (κ1) is 14.3. The highest BCUT2D eigenvalue weighted by molar-refractivity contribution is 5.78. The van der Waals surface area contributed by atoms with Gasteiger partial charge in [0.15, 0.2) is 6.61 Å². The monoisotopic (exact) mass is 280 g/mol. The Morgan fingerprint density at radius 1 is 1.45 bits per heavy atom. The van der Waals surface area contributed by atoms with Gasteiger partial charge in [0.05, 0.1) is 11.0 Å². The van der Waals surface area contributed by atoms with Crippen LogP contribution in [-0.4, -0.2) is 48.6 Å². The molecule has 1 unspecified atom stereocenters. The van der Waals surface area contributed by atoms with Gasteiger partial charge in [0, 0.05) is 32.3 Å². The molecule has 0 aromatic heterocycles. The molecule has 0 saturated carbocycles. The molecule has 0 spiro atoms. The second kappa shape index (κ2) is 6.33. The summed E-state index contributed by atoms with van der Waals surface area (Å²) in [5.74, 6) is 0.328. The van der Waals surface area contributed by atoms with Gasteiger partial charge in [-0.2, -0.15) is 0 Å². The molecule has 108 valence electrons. The number of nitro benzene ring substituents is 1. The Morgan fingerprint density at radius 3 is 2.70 bits per heavy atom. The maximum Gasteiger partial charge on any atom is 0.269 e. The van der Waals surface area contributed by atoms with E-state index in [1.165, 1.54) is 24.3 Å². The molecular weight excluding hydrogens is 264 g/mol. The summed E-state index contributed by atoms with van der Waals surface area (Å²) in [6.45, 7) is 1.17. The van der Waals surface area contributed by atoms with E-state index in [0.717, 1.165) is 6.42 Å². The molecule has 0 radical (unpaired) electrons. The summed E-state index contributed by atoms with van der Waals surface area (Å²) < 4.78 is 10.5. The zero-order valence-corrected chi connectivity index (χ0v) is 11.2. The minimum atomic E-state index is -0.482. The van der Waals surface area contributed by atoms with Gasteiger partial charge in [-0.3, -0.25) is 14.9 Å². The van der Waals surface area contributed by atoms with Gasteiger partial charge < -0.3 is 14.4 Å². The highest BCUT2D eigenvalue weighted by Crippen LogP contribution is 2.18. The van der Waals surface area contributed by atoms with Crippen molar-refractivity contribution in [3.63, 3.8) is 0 Å². The number of amides is 1. The van der Waals surface area contributed by atoms with Crippen molar-refractivity contribution in [3.8, 4) is 5.75 Å². The topological polar surface area (TPSA) is 81.9 Å². The van der Waals surface area contributed by atoms with Crippen LogP contribution in [0.5, 0.6) is 5.75 Å². The predicted molar refractivity (Wildman–Crippen MR) is 70.6 cm³/mol. The molecule has 1 amide bonds. The van der Waals surface area contributed by atoms with Gasteiger partial charge in [-0.25, -0.2) is 0 Å². The predicted octanol–water partition coefficient (Wildman–Crippen LogP) is 1.22. The molecule has 1 saturated heterocycles. The summed E-state index contributed by atoms with van der Waals surface area (Å²) in [6, 6.07) is 5.65. The summed E-state index contributed by atoms with van der Waals surface area (Å²) >= 11 is 0. The minimum absolute atomic E-state index is 0.00819. The second-order valence-electron chi connectivity index (χ2n) is 4.53. The van der Waals surface area contributed by atoms with E-state index >= 15 is 0 Å². The lowest BCUT2D eigenvalue weighted by Gasteiger charge is -2.16. The van der Waals surface area contributed by atoms with Crippen LogP contribution in [0.1, 0.15) is 6.42 Å². The van der Waals surface area contributed by atoms with Gasteiger partial charge in [0.25, 0.3) is 11.6 Å². The SMILES string of the molecule is COC1CCN(C(=O)COc2ccc([N+](=O)[O-])cc2)C1. The highest BCUT2D eigenvalue weighted by atomic mass is 16.6. The Kier molecular flexibility index (Phi) is 4.52. The summed E-state index contributed by atoms with van der Waals surface area (Å²) in [6.07, 6.45) is 0.929. The van der Waals surface area contributed by atoms with Crippen LogP contribution in [0.4, 0.5) is 5.69 Å². The first-order chi connectivity index (χ1) is 9.60. The highest BCUT2D eigenvalue weighted by Gasteiger charge is 2.26. The normalized spacial score (nSPS) is 18.1. The fourth-order valence-electron chi connectivity index (χ4n) is 2.05. The number of nitrogens with zero attached hydrogens (tertiary/aromatic N) is 2. The van der Waals surface area contributed by atoms with Crippen molar-refractivity contribution in [1.82, 2.24) is 4.90 Å². The number of carbonyl (C=O) groups is 1. The summed E-state index contributed by atoms with van der Waals surface area (Å²) in [4.78, 5) is 23.6. The molecule has 0 N–H and O–H groups in total. The number of ether oxygens (including phenoxy) is 2. The van der Waals surface area contributed by atoms with Crippen molar-refractivity contribution in [3.05, 3.63) is 34.4 Å². The fraction of sp³-hybridized carbons (Fsp3) is 0.462. The molecule has 1 aliphatic heterocycles. The van der Waals surface area contributed by atoms with Crippen LogP contribution in [0.15, 0.2) is 24.3 Å². The van der Waals surface area contributed by atoms with Crippen molar-refractivity contribution in [2.75, 3.05) is 26.8 Å². The Bertz CT molecular complexity index is 488. The third-order valence-electron chi connectivity index (χ3n) is 3.24. The van der Waals surface area contributed by atoms with E-state index in [1.54, 1.807) is 12.0 Å². The smallest absolute Gasteiger partial charge is 0.269 e. The molecule has 7 heteroatoms. The van der Waals surface area contributed by atoms with Crippen molar-refractivity contribution >= 4 is 11.6 Å². The number of rotatable bonds is 5. The number of nitro groups is 1. The lowest BCUT2D eigenvalue weighted by atomic mass is 10.3. The Balaban J connectivity index is 1.83. The largest absolute Gasteiger partial charge is 0.484 e. The molecule has 1 aromatic rings. The van der Waals surface area contributed by atoms with Crippen LogP contribution < -0.4 is 4.74 Å². The number of methoxy groups -OCH3 is 1. The van der Waals surface area contributed by atoms with Crippen LogP contribution in [0.3, 0.4) is 0 Å². The molecule has 1 aliphatic rings. The molecule has 0 bridgehead atoms. The standard InChI is InChI=1S/C13H16N2O5/c1-19-12-6-7-14(8-12)13(16)9-20-11-4-2-10(3-5-11)15(17)18/h2-5,12H,6-9H2,1H3. The lowest BCUT2D eigenvalue weighted by molar-refractivity contribution is -0.384. The first-order valence-electron chi connectivity index (χ1n) is 6.28. The third-order valence-corrected chi connectivity index (χ3v) is 3.24. The molecule has 1 atom stereocenters. The van der Waals surface area contributed by atoms with E-state index in [2.05, 4.69) is 0 Å². The van der Waals surface area contributed by atoms with Gasteiger partial charge in [-0.05, 0) is 18.6 Å². The number of hydrogen-bond donors (Lipinski definition) is 0. The Hall–Kier alpha value is -2.15. The van der Waals surface area contributed by atoms with Crippen LogP contribution in [0.2, 0.25) is 0 Å². The number of carbonyl (C=O) groups excluding carboxylic acids is 1. The van der Waals surface area contributed by atoms with Crippen molar-refractivity contribution < 1.29 is 19.2 Å². The van der Waals surface area contributed by atoms with Crippen LogP contribution >= 0.6 is 0 Å². The average Bonchev–Trinajstić information content (AvgIpc) is 2.94. The van der Waals surface area contributed by atoms with E-state index in [-0.39, 0.29) is 24.3 Å². The maximum atomic E-state index is 11.9. The molecule has 0 aliphatic carbocycles. The van der Waals surface area contributed by atoms with Gasteiger partial charge in [-0.1, -0.05) is 0 Å². The van der Waals surface area contributed by atoms with E-state index < -0.39 is 4.92 Å². The van der Waals surface area contributed by atoms with Crippen LogP contribution in [0.25, 0.3) is 0 Å². The zero-order valence-electron chi connectivity index (χ0n) is 11.2. The summed E-state index contributed by atoms with van der Waals surface area (Å²) in [5.41, 5.74) is -0.00819. The van der Waals surface area contributed by atoms with E-state index in [4.69, 9.17) is 9.47 Å². The minimum Gasteiger partial charge on any atom is -0.484 e. The molecular formula is C13H16N2O5. The number of benzene rings is 1. The second-order valence-corrected chi connectivity index (χ2v) is 4.53. The average molecular weight is 280 g/mol. The van der Waals surface area contributed by atoms with E-state index in [9.17, 15) is 14.9 Å². The van der Waals surface area contributed by atoms with Gasteiger partial charge >= 0.3 is 0 Å². The molecule has 2 rings (SSSR count). The van der Waals surface area contributed by atoms with Crippen molar-refractivity contribution in [2.45, 2.75) is 12.5 Å². The third kappa shape index (κ3) is 3.45. The Labute approximate surface area is 116 Å². The zero-order chi connectivity index (χ0) is 14.5. The van der Waals surface area contributed by atoms with E-state index in [0.29, 0.717) is 18.8 Å². The summed E-state index contributed by atoms with van der Waals surface area (Å²) in [7, 11) is 1.63. The molecule has 1 aromatic carbocycles. The molecule has 1 heterocycles. The van der Waals surface area contributed by atoms with Crippen molar-refractivity contribution in [2.24, 2.45) is 0 Å². The number of hydrogen-bond acceptors (Lipinski definition) is 5. The van der Waals surface area contributed by atoms with E-state index in [1.807, 2.05) is 0 Å². The number of likely N-dealkylation sites (tertiary alicyclic amines) is 1. The first-order valence-corrected chi connectivity index (χ1v) is 6.28. The molecule has 20 heavy (non-hydrogen) atoms. The Morgan fingerprint density at radius 2 is 2.15 bits per heavy atom. The number of non-ortho nitro benzene ring substituents is 1. The van der Waals surface area contributed by atoms with Gasteiger partial charge in [0.1, 0.15) is 5.75 Å². The lowest BCUT2D eigenvalue weighted by Crippen LogP contribution is -2.33. The van der Waals surface area contributed by atoms with Gasteiger partial charge in [0.2, 0.25) is 0 Å². The van der Waals surface area contributed by atoms with Crippen molar-refractivity contribution in [1.29, 1.82) is 0 Å². The van der Waals surface area contributed by atoms with Crippen LogP contribution in [0, 0.1) is 10.1 Å². The van der Waals surface area contributed by atoms with Gasteiger partial charge in [-0.15, -0.1) is 0 Å².